The minimum atomic E-state index is -3.91. The molecule has 4 rings (SSSR count). The molecule has 4 aromatic rings. The van der Waals surface area contributed by atoms with Crippen molar-refractivity contribution in [3.8, 4) is 5.75 Å². The molecule has 0 bridgehead atoms. The van der Waals surface area contributed by atoms with Gasteiger partial charge in [0.15, 0.2) is 0 Å². The van der Waals surface area contributed by atoms with Crippen LogP contribution in [-0.2, 0) is 16.6 Å². The molecule has 162 valence electrons. The molecule has 0 aliphatic rings. The molecular weight excluding hydrogens is 426 g/mol. The first-order valence-electron chi connectivity index (χ1n) is 9.83. The number of rotatable bonds is 7. The molecule has 0 radical (unpaired) electrons. The maximum Gasteiger partial charge on any atom is 0.261 e. The molecule has 7 nitrogen and oxygen atoms in total. The van der Waals surface area contributed by atoms with Crippen LogP contribution in [0.1, 0.15) is 15.9 Å². The number of para-hydroxylation sites is 1. The molecule has 0 atom stereocenters. The van der Waals surface area contributed by atoms with E-state index in [-0.39, 0.29) is 22.7 Å². The van der Waals surface area contributed by atoms with Crippen molar-refractivity contribution in [2.24, 2.45) is 0 Å². The predicted molar refractivity (Wildman–Crippen MR) is 123 cm³/mol. The van der Waals surface area contributed by atoms with E-state index in [4.69, 9.17) is 4.74 Å². The van der Waals surface area contributed by atoms with E-state index in [1.165, 1.54) is 6.07 Å². The summed E-state index contributed by atoms with van der Waals surface area (Å²) in [6.07, 6.45) is 3.31. The average molecular weight is 448 g/mol. The van der Waals surface area contributed by atoms with Crippen LogP contribution in [0.2, 0.25) is 0 Å². The third-order valence-electron chi connectivity index (χ3n) is 4.92. The number of ether oxygens (including phenoxy) is 1. The number of hydrogen-bond donors (Lipinski definition) is 2. The summed E-state index contributed by atoms with van der Waals surface area (Å²) in [5, 5.41) is 4.41. The predicted octanol–water partition coefficient (Wildman–Crippen LogP) is 3.97. The molecule has 0 saturated carbocycles. The number of hydrogen-bond acceptors (Lipinski definition) is 5. The van der Waals surface area contributed by atoms with Gasteiger partial charge >= 0.3 is 0 Å². The Morgan fingerprint density at radius 2 is 1.75 bits per heavy atom. The SMILES string of the molecule is COc1ccc2cc(S(=O)(=O)Nc3ccccc3C(=O)NCc3cccnc3)ccc2c1. The van der Waals surface area contributed by atoms with Crippen LogP contribution in [0, 0.1) is 0 Å². The number of carbonyl (C=O) groups is 1. The van der Waals surface area contributed by atoms with E-state index in [2.05, 4.69) is 15.0 Å². The molecule has 32 heavy (non-hydrogen) atoms. The fourth-order valence-electron chi connectivity index (χ4n) is 3.25. The molecule has 1 aromatic heterocycles. The third kappa shape index (κ3) is 4.70. The van der Waals surface area contributed by atoms with Crippen LogP contribution < -0.4 is 14.8 Å². The van der Waals surface area contributed by atoms with Gasteiger partial charge < -0.3 is 10.1 Å². The standard InChI is InChI=1S/C24H21N3O4S/c1-31-20-10-8-19-14-21(11-9-18(19)13-20)32(29,30)27-23-7-3-2-6-22(23)24(28)26-16-17-5-4-12-25-15-17/h2-15,27H,16H2,1H3,(H,26,28). The Labute approximate surface area is 186 Å². The molecule has 0 aliphatic heterocycles. The number of nitrogens with one attached hydrogen (secondary N) is 2. The Bertz CT molecular complexity index is 1370. The maximum absolute atomic E-state index is 13.0. The largest absolute Gasteiger partial charge is 0.497 e. The first-order valence-corrected chi connectivity index (χ1v) is 11.3. The Hall–Kier alpha value is -3.91. The van der Waals surface area contributed by atoms with E-state index < -0.39 is 15.9 Å². The summed E-state index contributed by atoms with van der Waals surface area (Å²) >= 11 is 0. The molecule has 0 spiro atoms. The zero-order valence-electron chi connectivity index (χ0n) is 17.3. The Morgan fingerprint density at radius 3 is 2.53 bits per heavy atom. The highest BCUT2D eigenvalue weighted by atomic mass is 32.2. The van der Waals surface area contributed by atoms with Gasteiger partial charge in [-0.15, -0.1) is 0 Å². The number of amides is 1. The van der Waals surface area contributed by atoms with Gasteiger partial charge in [-0.25, -0.2) is 8.42 Å². The van der Waals surface area contributed by atoms with Gasteiger partial charge in [-0.3, -0.25) is 14.5 Å². The Morgan fingerprint density at radius 1 is 0.969 bits per heavy atom. The van der Waals surface area contributed by atoms with E-state index >= 15 is 0 Å². The maximum atomic E-state index is 13.0. The number of benzene rings is 3. The van der Waals surface area contributed by atoms with Gasteiger partial charge in [0.05, 0.1) is 23.3 Å². The lowest BCUT2D eigenvalue weighted by Gasteiger charge is -2.13. The highest BCUT2D eigenvalue weighted by Gasteiger charge is 2.19. The van der Waals surface area contributed by atoms with Gasteiger partial charge in [0.25, 0.3) is 15.9 Å². The van der Waals surface area contributed by atoms with Crippen LogP contribution in [0.25, 0.3) is 10.8 Å². The van der Waals surface area contributed by atoms with Gasteiger partial charge in [0, 0.05) is 18.9 Å². The highest BCUT2D eigenvalue weighted by Crippen LogP contribution is 2.26. The minimum absolute atomic E-state index is 0.0979. The van der Waals surface area contributed by atoms with E-state index in [0.717, 1.165) is 16.3 Å². The first kappa shape index (κ1) is 21.3. The van der Waals surface area contributed by atoms with Crippen LogP contribution >= 0.6 is 0 Å². The van der Waals surface area contributed by atoms with E-state index in [9.17, 15) is 13.2 Å². The summed E-state index contributed by atoms with van der Waals surface area (Å²) in [5.74, 6) is 0.301. The van der Waals surface area contributed by atoms with Crippen molar-refractivity contribution in [1.29, 1.82) is 0 Å². The van der Waals surface area contributed by atoms with Crippen LogP contribution in [0.5, 0.6) is 5.75 Å². The Balaban J connectivity index is 1.57. The second-order valence-corrected chi connectivity index (χ2v) is 8.75. The van der Waals surface area contributed by atoms with Gasteiger partial charge in [-0.05, 0) is 58.8 Å². The topological polar surface area (TPSA) is 97.4 Å². The van der Waals surface area contributed by atoms with Crippen molar-refractivity contribution >= 4 is 32.4 Å². The van der Waals surface area contributed by atoms with Crippen LogP contribution in [-0.4, -0.2) is 26.4 Å². The smallest absolute Gasteiger partial charge is 0.261 e. The lowest BCUT2D eigenvalue weighted by Crippen LogP contribution is -2.25. The summed E-state index contributed by atoms with van der Waals surface area (Å²) in [6, 6.07) is 20.3. The number of pyridine rings is 1. The monoisotopic (exact) mass is 447 g/mol. The summed E-state index contributed by atoms with van der Waals surface area (Å²) < 4.78 is 33.8. The second-order valence-electron chi connectivity index (χ2n) is 7.07. The summed E-state index contributed by atoms with van der Waals surface area (Å²) in [5.41, 5.74) is 1.27. The number of anilines is 1. The molecule has 0 unspecified atom stereocenters. The first-order chi connectivity index (χ1) is 15.5. The number of sulfonamides is 1. The molecule has 0 aliphatic carbocycles. The number of nitrogens with zero attached hydrogens (tertiary/aromatic N) is 1. The number of carbonyl (C=O) groups excluding carboxylic acids is 1. The number of aromatic nitrogens is 1. The second kappa shape index (κ2) is 9.07. The van der Waals surface area contributed by atoms with Crippen molar-refractivity contribution in [3.63, 3.8) is 0 Å². The van der Waals surface area contributed by atoms with Crippen molar-refractivity contribution in [3.05, 3.63) is 96.3 Å². The fraction of sp³-hybridized carbons (Fsp3) is 0.0833. The highest BCUT2D eigenvalue weighted by molar-refractivity contribution is 7.92. The van der Waals surface area contributed by atoms with Crippen LogP contribution in [0.15, 0.2) is 90.1 Å². The normalized spacial score (nSPS) is 11.2. The minimum Gasteiger partial charge on any atom is -0.497 e. The van der Waals surface area contributed by atoms with Gasteiger partial charge in [-0.2, -0.15) is 0 Å². The van der Waals surface area contributed by atoms with E-state index in [1.54, 1.807) is 74.1 Å². The molecule has 2 N–H and O–H groups in total. The molecule has 0 fully saturated rings. The van der Waals surface area contributed by atoms with E-state index in [1.807, 2.05) is 12.1 Å². The summed E-state index contributed by atoms with van der Waals surface area (Å²) in [6.45, 7) is 0.280. The van der Waals surface area contributed by atoms with Crippen molar-refractivity contribution in [2.45, 2.75) is 11.4 Å². The molecule has 0 saturated heterocycles. The average Bonchev–Trinajstić information content (AvgIpc) is 2.82. The van der Waals surface area contributed by atoms with Crippen LogP contribution in [0.4, 0.5) is 5.69 Å². The number of fused-ring (bicyclic) bond motifs is 1. The van der Waals surface area contributed by atoms with Gasteiger partial charge in [0.1, 0.15) is 5.75 Å². The van der Waals surface area contributed by atoms with E-state index in [0.29, 0.717) is 5.75 Å². The molecular formula is C24H21N3O4S. The summed E-state index contributed by atoms with van der Waals surface area (Å²) in [7, 11) is -2.34. The van der Waals surface area contributed by atoms with Gasteiger partial charge in [0.2, 0.25) is 0 Å². The lowest BCUT2D eigenvalue weighted by molar-refractivity contribution is 0.0952. The fourth-order valence-corrected chi connectivity index (χ4v) is 4.36. The van der Waals surface area contributed by atoms with Crippen molar-refractivity contribution in [1.82, 2.24) is 10.3 Å². The molecule has 1 heterocycles. The van der Waals surface area contributed by atoms with Crippen molar-refractivity contribution < 1.29 is 17.9 Å². The van der Waals surface area contributed by atoms with Crippen molar-refractivity contribution in [2.75, 3.05) is 11.8 Å². The Kier molecular flexibility index (Phi) is 6.04. The zero-order chi connectivity index (χ0) is 22.6. The molecule has 1 amide bonds. The number of methoxy groups -OCH3 is 1. The molecule has 8 heteroatoms. The van der Waals surface area contributed by atoms with Gasteiger partial charge in [-0.1, -0.05) is 30.3 Å². The third-order valence-corrected chi connectivity index (χ3v) is 6.28. The zero-order valence-corrected chi connectivity index (χ0v) is 18.1. The molecule has 3 aromatic carbocycles. The summed E-state index contributed by atoms with van der Waals surface area (Å²) in [4.78, 5) is 16.8. The lowest BCUT2D eigenvalue weighted by atomic mass is 10.1. The van der Waals surface area contributed by atoms with Crippen LogP contribution in [0.3, 0.4) is 0 Å². The quantitative estimate of drug-likeness (QED) is 0.447.